The van der Waals surface area contributed by atoms with E-state index in [1.807, 2.05) is 0 Å². The zero-order chi connectivity index (χ0) is 29.8. The van der Waals surface area contributed by atoms with Crippen LogP contribution in [0.5, 0.6) is 0 Å². The molecule has 2 amide bonds. The van der Waals surface area contributed by atoms with E-state index in [1.54, 1.807) is 20.8 Å². The zero-order valence-corrected chi connectivity index (χ0v) is 24.1. The lowest BCUT2D eigenvalue weighted by Gasteiger charge is -2.43. The number of thiazole rings is 1. The number of aliphatic carboxylic acids is 1. The first-order valence-electron chi connectivity index (χ1n) is 11.8. The van der Waals surface area contributed by atoms with E-state index >= 15 is 0 Å². The summed E-state index contributed by atoms with van der Waals surface area (Å²) >= 11 is 0.986. The molecule has 0 aliphatic carbocycles. The van der Waals surface area contributed by atoms with E-state index in [9.17, 15) is 32.7 Å². The first kappa shape index (κ1) is 31.9. The van der Waals surface area contributed by atoms with E-state index in [-0.39, 0.29) is 36.4 Å². The Bertz CT molecular complexity index is 1240. The van der Waals surface area contributed by atoms with Crippen LogP contribution in [0.3, 0.4) is 0 Å². The van der Waals surface area contributed by atoms with Crippen LogP contribution in [0.4, 0.5) is 5.13 Å². The number of anilines is 1. The number of nitrogen functional groups attached to an aromatic ring is 1. The molecule has 0 unspecified atom stereocenters. The third kappa shape index (κ3) is 8.09. The average Bonchev–Trinajstić information content (AvgIpc) is 3.26. The highest BCUT2D eigenvalue weighted by molar-refractivity contribution is 7.85. The Balaban J connectivity index is 2.08. The number of amides is 2. The van der Waals surface area contributed by atoms with Gasteiger partial charge in [-0.3, -0.25) is 18.6 Å². The van der Waals surface area contributed by atoms with Crippen molar-refractivity contribution < 1.29 is 46.5 Å². The quantitative estimate of drug-likeness (QED) is 0.118. The topological polar surface area (TPSA) is 217 Å². The normalized spacial score (nSPS) is 18.4. The minimum Gasteiger partial charge on any atom is -0.478 e. The third-order valence-electron chi connectivity index (χ3n) is 5.65. The monoisotopic (exact) mass is 591 g/mol. The highest BCUT2D eigenvalue weighted by Crippen LogP contribution is 2.28. The molecule has 0 radical (unpaired) electrons. The molecule has 1 fully saturated rings. The Labute approximate surface area is 229 Å². The van der Waals surface area contributed by atoms with Crippen molar-refractivity contribution in [1.29, 1.82) is 0 Å². The summed E-state index contributed by atoms with van der Waals surface area (Å²) in [5.74, 6) is -3.64. The second kappa shape index (κ2) is 12.3. The fourth-order valence-electron chi connectivity index (χ4n) is 3.01. The van der Waals surface area contributed by atoms with Crippen LogP contribution in [-0.4, -0.2) is 83.2 Å². The maximum Gasteiger partial charge on any atom is 0.365 e. The number of carboxylic acid groups (broad SMARTS) is 1. The number of hydrogen-bond acceptors (Lipinski definition) is 13. The van der Waals surface area contributed by atoms with E-state index in [1.165, 1.54) is 26.2 Å². The number of carbonyl (C=O) groups excluding carboxylic acids is 3. The minimum atomic E-state index is -4.50. The summed E-state index contributed by atoms with van der Waals surface area (Å²) in [5.41, 5.74) is 2.64. The number of esters is 1. The average molecular weight is 592 g/mol. The van der Waals surface area contributed by atoms with E-state index in [0.29, 0.717) is 10.7 Å². The summed E-state index contributed by atoms with van der Waals surface area (Å²) in [4.78, 5) is 57.3. The Morgan fingerprint density at radius 1 is 1.28 bits per heavy atom. The zero-order valence-electron chi connectivity index (χ0n) is 22.4. The van der Waals surface area contributed by atoms with Gasteiger partial charge in [0, 0.05) is 11.8 Å². The maximum atomic E-state index is 13.0. The lowest BCUT2D eigenvalue weighted by Crippen LogP contribution is -2.71. The largest absolute Gasteiger partial charge is 0.478 e. The molecule has 0 aromatic carbocycles. The number of carboxylic acids is 1. The number of hydrogen-bond donors (Lipinski definition) is 3. The lowest BCUT2D eigenvalue weighted by molar-refractivity contribution is -0.161. The third-order valence-corrected chi connectivity index (χ3v) is 7.74. The number of carbonyl (C=O) groups is 4. The molecule has 0 saturated carbocycles. The number of nitrogens with zero attached hydrogens (tertiary/aromatic N) is 3. The first-order valence-corrected chi connectivity index (χ1v) is 14.1. The summed E-state index contributed by atoms with van der Waals surface area (Å²) in [5, 5.41) is 16.7. The van der Waals surface area contributed by atoms with Gasteiger partial charge in [0.25, 0.3) is 11.8 Å². The number of oxime groups is 1. The van der Waals surface area contributed by atoms with Crippen molar-refractivity contribution in [3.8, 4) is 0 Å². The van der Waals surface area contributed by atoms with Crippen molar-refractivity contribution in [2.75, 3.05) is 18.9 Å². The summed E-state index contributed by atoms with van der Waals surface area (Å²) < 4.78 is 36.1. The van der Waals surface area contributed by atoms with Gasteiger partial charge in [0.2, 0.25) is 5.60 Å². The highest BCUT2D eigenvalue weighted by atomic mass is 32.2. The van der Waals surface area contributed by atoms with Gasteiger partial charge in [-0.1, -0.05) is 25.9 Å². The standard InChI is InChI=1S/C22H33N5O10S2/c1-7-14(28)35-9-8-21(3,4)11-36-39(33,34)27-12(2)15(18(27)30)25-17(29)16(13-10-38-20(23)24-13)26-37-22(5,6)19(31)32/h10,12,15H,7-9,11H2,1-6H3,(H2,23,24)(H,25,29)(H,31,32)/b26-16+/t12-,15-/m0/s1. The smallest absolute Gasteiger partial charge is 0.365 e. The van der Waals surface area contributed by atoms with Crippen LogP contribution >= 0.6 is 11.3 Å². The number of aromatic nitrogens is 1. The SMILES string of the molecule is CCC(=O)OCCC(C)(C)COS(=O)(=O)N1C(=O)[C@@H](NC(=O)/C(=N/OC(C)(C)C(=O)O)c2csc(N)n2)[C@@H]1C. The van der Waals surface area contributed by atoms with Gasteiger partial charge < -0.3 is 25.7 Å². The van der Waals surface area contributed by atoms with Gasteiger partial charge in [0.05, 0.1) is 19.3 Å². The van der Waals surface area contributed by atoms with Gasteiger partial charge in [-0.05, 0) is 32.6 Å². The van der Waals surface area contributed by atoms with Crippen molar-refractivity contribution >= 4 is 56.2 Å². The van der Waals surface area contributed by atoms with Crippen molar-refractivity contribution in [2.45, 2.75) is 72.1 Å². The van der Waals surface area contributed by atoms with Gasteiger partial charge in [-0.2, -0.15) is 8.42 Å². The van der Waals surface area contributed by atoms with Crippen molar-refractivity contribution in [3.05, 3.63) is 11.1 Å². The van der Waals surface area contributed by atoms with E-state index in [2.05, 4.69) is 15.5 Å². The number of nitrogens with two attached hydrogens (primary N) is 1. The van der Waals surface area contributed by atoms with Crippen LogP contribution in [0.1, 0.15) is 60.1 Å². The van der Waals surface area contributed by atoms with Gasteiger partial charge in [-0.15, -0.1) is 11.3 Å². The van der Waals surface area contributed by atoms with Gasteiger partial charge in [0.1, 0.15) is 11.7 Å². The lowest BCUT2D eigenvalue weighted by atomic mass is 9.91. The number of β-lactam (4-membered cyclic amide) rings is 1. The molecule has 1 aliphatic heterocycles. The summed E-state index contributed by atoms with van der Waals surface area (Å²) in [6, 6.07) is -2.27. The molecule has 1 aliphatic rings. The van der Waals surface area contributed by atoms with Crippen LogP contribution in [0.15, 0.2) is 10.5 Å². The molecule has 4 N–H and O–H groups in total. The molecule has 15 nitrogen and oxygen atoms in total. The first-order chi connectivity index (χ1) is 17.9. The Morgan fingerprint density at radius 2 is 1.92 bits per heavy atom. The molecule has 17 heteroatoms. The fourth-order valence-corrected chi connectivity index (χ4v) is 5.00. The second-order valence-corrected chi connectivity index (χ2v) is 12.3. The molecule has 1 saturated heterocycles. The predicted molar refractivity (Wildman–Crippen MR) is 139 cm³/mol. The molecule has 2 rings (SSSR count). The van der Waals surface area contributed by atoms with Crippen LogP contribution in [-0.2, 0) is 43.2 Å². The number of rotatable bonds is 14. The Morgan fingerprint density at radius 3 is 2.44 bits per heavy atom. The summed E-state index contributed by atoms with van der Waals surface area (Å²) in [6.07, 6.45) is 0.539. The van der Waals surface area contributed by atoms with Crippen LogP contribution in [0.2, 0.25) is 0 Å². The fraction of sp³-hybridized carbons (Fsp3) is 0.636. The second-order valence-electron chi connectivity index (χ2n) is 9.95. The van der Waals surface area contributed by atoms with E-state index in [0.717, 1.165) is 11.3 Å². The van der Waals surface area contributed by atoms with Crippen molar-refractivity contribution in [1.82, 2.24) is 14.6 Å². The summed E-state index contributed by atoms with van der Waals surface area (Å²) in [7, 11) is -4.50. The molecule has 2 atom stereocenters. The van der Waals surface area contributed by atoms with Crippen molar-refractivity contribution in [3.63, 3.8) is 0 Å². The molecule has 2 heterocycles. The molecular formula is C22H33N5O10S2. The molecule has 1 aromatic rings. The minimum absolute atomic E-state index is 0.0322. The van der Waals surface area contributed by atoms with Gasteiger partial charge in [0.15, 0.2) is 10.8 Å². The predicted octanol–water partition coefficient (Wildman–Crippen LogP) is 0.656. The summed E-state index contributed by atoms with van der Waals surface area (Å²) in [6.45, 7) is 8.69. The highest BCUT2D eigenvalue weighted by Gasteiger charge is 2.53. The Kier molecular flexibility index (Phi) is 10.0. The molecule has 0 bridgehead atoms. The van der Waals surface area contributed by atoms with Crippen LogP contribution < -0.4 is 11.1 Å². The molecular weight excluding hydrogens is 558 g/mol. The molecule has 39 heavy (non-hydrogen) atoms. The van der Waals surface area contributed by atoms with Gasteiger partial charge >= 0.3 is 22.2 Å². The molecule has 0 spiro atoms. The van der Waals surface area contributed by atoms with Crippen molar-refractivity contribution in [2.24, 2.45) is 10.6 Å². The molecule has 218 valence electrons. The number of nitrogens with one attached hydrogen (secondary N) is 1. The van der Waals surface area contributed by atoms with Gasteiger partial charge in [-0.25, -0.2) is 14.1 Å². The van der Waals surface area contributed by atoms with Crippen LogP contribution in [0.25, 0.3) is 0 Å². The van der Waals surface area contributed by atoms with E-state index < -0.39 is 56.9 Å². The maximum absolute atomic E-state index is 13.0. The van der Waals surface area contributed by atoms with Crippen LogP contribution in [0, 0.1) is 5.41 Å². The molecule has 1 aromatic heterocycles. The number of ether oxygens (including phenoxy) is 1. The Hall–Kier alpha value is -3.31. The van der Waals surface area contributed by atoms with E-state index in [4.69, 9.17) is 19.5 Å².